The van der Waals surface area contributed by atoms with Crippen molar-refractivity contribution in [1.29, 1.82) is 0 Å². The summed E-state index contributed by atoms with van der Waals surface area (Å²) in [6, 6.07) is 6.81. The number of nitrogens with one attached hydrogen (secondary N) is 1. The highest BCUT2D eigenvalue weighted by Gasteiger charge is 2.18. The molecule has 0 saturated carbocycles. The zero-order valence-corrected chi connectivity index (χ0v) is 11.2. The van der Waals surface area contributed by atoms with Crippen molar-refractivity contribution in [3.63, 3.8) is 0 Å². The maximum Gasteiger partial charge on any atom is 0.254 e. The molecule has 1 amide bonds. The van der Waals surface area contributed by atoms with E-state index in [1.165, 1.54) is 0 Å². The number of nitrogen functional groups attached to an aromatic ring is 1. The number of carbonyl (C=O) groups is 1. The van der Waals surface area contributed by atoms with E-state index in [-0.39, 0.29) is 6.54 Å². The number of anilines is 1. The van der Waals surface area contributed by atoms with E-state index >= 15 is 0 Å². The molecule has 2 aromatic carbocycles. The second-order valence-electron chi connectivity index (χ2n) is 4.54. The molecule has 2 rings (SSSR count). The normalized spacial score (nSPS) is 10.5. The summed E-state index contributed by atoms with van der Waals surface area (Å²) in [5.74, 6) is -5.33. The molecule has 110 valence electrons. The number of hydrogen-bond donors (Lipinski definition) is 2. The molecule has 0 bridgehead atoms. The highest BCUT2D eigenvalue weighted by molar-refractivity contribution is 5.94. The summed E-state index contributed by atoms with van der Waals surface area (Å²) < 4.78 is 39.4. The van der Waals surface area contributed by atoms with Crippen LogP contribution in [0, 0.1) is 24.4 Å². The van der Waals surface area contributed by atoms with E-state index in [1.807, 2.05) is 0 Å². The van der Waals surface area contributed by atoms with Crippen LogP contribution in [-0.4, -0.2) is 5.91 Å². The van der Waals surface area contributed by atoms with Crippen molar-refractivity contribution in [2.24, 2.45) is 0 Å². The lowest BCUT2D eigenvalue weighted by Crippen LogP contribution is -2.25. The second-order valence-corrected chi connectivity index (χ2v) is 4.54. The van der Waals surface area contributed by atoms with Crippen LogP contribution in [0.15, 0.2) is 30.3 Å². The number of carbonyl (C=O) groups excluding carboxylic acids is 1. The molecule has 3 nitrogen and oxygen atoms in total. The fraction of sp³-hybridized carbons (Fsp3) is 0.133. The number of rotatable bonds is 3. The Morgan fingerprint density at radius 2 is 1.86 bits per heavy atom. The van der Waals surface area contributed by atoms with E-state index in [9.17, 15) is 18.0 Å². The zero-order chi connectivity index (χ0) is 15.6. The third kappa shape index (κ3) is 2.99. The molecule has 0 fully saturated rings. The average Bonchev–Trinajstić information content (AvgIpc) is 2.46. The first-order valence-corrected chi connectivity index (χ1v) is 6.17. The summed E-state index contributed by atoms with van der Waals surface area (Å²) in [5, 5.41) is 2.45. The van der Waals surface area contributed by atoms with Crippen LogP contribution in [0.1, 0.15) is 21.5 Å². The lowest BCUT2D eigenvalue weighted by Gasteiger charge is -2.10. The largest absolute Gasteiger partial charge is 0.399 e. The number of halogens is 3. The monoisotopic (exact) mass is 294 g/mol. The number of nitrogens with two attached hydrogens (primary N) is 1. The van der Waals surface area contributed by atoms with Gasteiger partial charge in [0, 0.05) is 12.2 Å². The first-order chi connectivity index (χ1) is 9.91. The van der Waals surface area contributed by atoms with Crippen molar-refractivity contribution in [2.45, 2.75) is 13.5 Å². The molecular weight excluding hydrogens is 281 g/mol. The van der Waals surface area contributed by atoms with E-state index < -0.39 is 28.9 Å². The molecule has 0 aliphatic heterocycles. The summed E-state index contributed by atoms with van der Waals surface area (Å²) in [6.45, 7) is 1.89. The maximum atomic E-state index is 13.5. The Kier molecular flexibility index (Phi) is 4.16. The van der Waals surface area contributed by atoms with Gasteiger partial charge in [-0.25, -0.2) is 13.2 Å². The Morgan fingerprint density at radius 3 is 2.57 bits per heavy atom. The summed E-state index contributed by atoms with van der Waals surface area (Å²) >= 11 is 0. The third-order valence-electron chi connectivity index (χ3n) is 3.21. The van der Waals surface area contributed by atoms with Crippen LogP contribution in [0.4, 0.5) is 18.9 Å². The van der Waals surface area contributed by atoms with Crippen molar-refractivity contribution < 1.29 is 18.0 Å². The van der Waals surface area contributed by atoms with Crippen molar-refractivity contribution in [3.05, 3.63) is 64.5 Å². The van der Waals surface area contributed by atoms with E-state index in [1.54, 1.807) is 25.1 Å². The minimum absolute atomic E-state index is 0.105. The van der Waals surface area contributed by atoms with Crippen LogP contribution in [0.2, 0.25) is 0 Å². The Hall–Kier alpha value is -2.50. The lowest BCUT2D eigenvalue weighted by atomic mass is 10.1. The molecule has 0 radical (unpaired) electrons. The van der Waals surface area contributed by atoms with Crippen LogP contribution in [-0.2, 0) is 6.54 Å². The lowest BCUT2D eigenvalue weighted by molar-refractivity contribution is 0.0945. The molecule has 21 heavy (non-hydrogen) atoms. The van der Waals surface area contributed by atoms with Gasteiger partial charge in [-0.15, -0.1) is 0 Å². The average molecular weight is 294 g/mol. The van der Waals surface area contributed by atoms with Crippen LogP contribution in [0.25, 0.3) is 0 Å². The quantitative estimate of drug-likeness (QED) is 0.675. The van der Waals surface area contributed by atoms with Gasteiger partial charge in [-0.1, -0.05) is 12.1 Å². The SMILES string of the molecule is Cc1c(N)cccc1CNC(=O)c1ccc(F)c(F)c1F. The molecule has 0 aromatic heterocycles. The topological polar surface area (TPSA) is 55.1 Å². The molecule has 0 unspecified atom stereocenters. The molecule has 0 aliphatic rings. The third-order valence-corrected chi connectivity index (χ3v) is 3.21. The van der Waals surface area contributed by atoms with Gasteiger partial charge in [0.05, 0.1) is 5.56 Å². The zero-order valence-electron chi connectivity index (χ0n) is 11.2. The Bertz CT molecular complexity index is 702. The number of benzene rings is 2. The molecular formula is C15H13F3N2O. The van der Waals surface area contributed by atoms with E-state index in [4.69, 9.17) is 5.73 Å². The van der Waals surface area contributed by atoms with Crippen LogP contribution >= 0.6 is 0 Å². The minimum Gasteiger partial charge on any atom is -0.399 e. The van der Waals surface area contributed by atoms with Crippen LogP contribution in [0.3, 0.4) is 0 Å². The Labute approximate surface area is 119 Å². The summed E-state index contributed by atoms with van der Waals surface area (Å²) in [7, 11) is 0. The van der Waals surface area contributed by atoms with Gasteiger partial charge < -0.3 is 11.1 Å². The van der Waals surface area contributed by atoms with Crippen molar-refractivity contribution in [2.75, 3.05) is 5.73 Å². The smallest absolute Gasteiger partial charge is 0.254 e. The predicted octanol–water partition coefficient (Wildman–Crippen LogP) is 2.92. The van der Waals surface area contributed by atoms with E-state index in [2.05, 4.69) is 5.32 Å². The molecule has 0 saturated heterocycles. The van der Waals surface area contributed by atoms with Crippen molar-refractivity contribution in [3.8, 4) is 0 Å². The second kappa shape index (κ2) is 5.87. The maximum absolute atomic E-state index is 13.5. The minimum atomic E-state index is -1.66. The van der Waals surface area contributed by atoms with E-state index in [0.717, 1.165) is 17.2 Å². The van der Waals surface area contributed by atoms with Crippen molar-refractivity contribution >= 4 is 11.6 Å². The van der Waals surface area contributed by atoms with Crippen LogP contribution in [0.5, 0.6) is 0 Å². The van der Waals surface area contributed by atoms with Gasteiger partial charge in [-0.05, 0) is 36.2 Å². The Balaban J connectivity index is 2.16. The molecule has 0 heterocycles. The predicted molar refractivity (Wildman–Crippen MR) is 73.1 cm³/mol. The summed E-state index contributed by atoms with van der Waals surface area (Å²) in [6.07, 6.45) is 0. The number of hydrogen-bond acceptors (Lipinski definition) is 2. The van der Waals surface area contributed by atoms with Gasteiger partial charge in [-0.3, -0.25) is 4.79 Å². The van der Waals surface area contributed by atoms with Gasteiger partial charge in [-0.2, -0.15) is 0 Å². The molecule has 6 heteroatoms. The molecule has 0 aliphatic carbocycles. The van der Waals surface area contributed by atoms with Gasteiger partial charge in [0.2, 0.25) is 0 Å². The van der Waals surface area contributed by atoms with Crippen LogP contribution < -0.4 is 11.1 Å². The van der Waals surface area contributed by atoms with E-state index in [0.29, 0.717) is 11.8 Å². The highest BCUT2D eigenvalue weighted by atomic mass is 19.2. The fourth-order valence-corrected chi connectivity index (χ4v) is 1.87. The summed E-state index contributed by atoms with van der Waals surface area (Å²) in [4.78, 5) is 11.8. The first kappa shape index (κ1) is 14.9. The fourth-order valence-electron chi connectivity index (χ4n) is 1.87. The number of amides is 1. The molecule has 0 atom stereocenters. The first-order valence-electron chi connectivity index (χ1n) is 6.17. The Morgan fingerprint density at radius 1 is 1.14 bits per heavy atom. The molecule has 3 N–H and O–H groups in total. The van der Waals surface area contributed by atoms with Gasteiger partial charge >= 0.3 is 0 Å². The summed E-state index contributed by atoms with van der Waals surface area (Å²) in [5.41, 5.74) is 7.31. The molecule has 2 aromatic rings. The van der Waals surface area contributed by atoms with Gasteiger partial charge in [0.25, 0.3) is 5.91 Å². The standard InChI is InChI=1S/C15H13F3N2O/c1-8-9(3-2-4-12(8)19)7-20-15(21)10-5-6-11(16)14(18)13(10)17/h2-6H,7,19H2,1H3,(H,20,21). The van der Waals surface area contributed by atoms with Gasteiger partial charge in [0.15, 0.2) is 17.5 Å². The molecule has 0 spiro atoms. The highest BCUT2D eigenvalue weighted by Crippen LogP contribution is 2.17. The van der Waals surface area contributed by atoms with Gasteiger partial charge in [0.1, 0.15) is 0 Å². The van der Waals surface area contributed by atoms with Crippen molar-refractivity contribution in [1.82, 2.24) is 5.32 Å².